The van der Waals surface area contributed by atoms with E-state index in [0.717, 1.165) is 81.7 Å². The van der Waals surface area contributed by atoms with Gasteiger partial charge >= 0.3 is 0 Å². The lowest BCUT2D eigenvalue weighted by atomic mass is 9.87. The summed E-state index contributed by atoms with van der Waals surface area (Å²) in [6.45, 7) is 13.4. The molecule has 0 aliphatic heterocycles. The normalized spacial score (nSPS) is 11.8. The lowest BCUT2D eigenvalue weighted by Gasteiger charge is -2.19. The Morgan fingerprint density at radius 3 is 1.33 bits per heavy atom. The fourth-order valence-corrected chi connectivity index (χ4v) is 8.00. The van der Waals surface area contributed by atoms with Gasteiger partial charge in [-0.05, 0) is 135 Å². The van der Waals surface area contributed by atoms with Crippen molar-refractivity contribution >= 4 is 0 Å². The molecule has 4 nitrogen and oxygen atoms in total. The average Bonchev–Trinajstić information content (AvgIpc) is 3.28. The number of aromatic hydroxyl groups is 1. The molecule has 61 heavy (non-hydrogen) atoms. The van der Waals surface area contributed by atoms with Crippen LogP contribution in [0.2, 0.25) is 0 Å². The van der Waals surface area contributed by atoms with E-state index in [-0.39, 0.29) is 16.6 Å². The lowest BCUT2D eigenvalue weighted by molar-refractivity contribution is 0.477. The molecule has 0 unspecified atom stereocenters. The van der Waals surface area contributed by atoms with Gasteiger partial charge < -0.3 is 5.11 Å². The smallest absolute Gasteiger partial charge is 0.124 e. The van der Waals surface area contributed by atoms with Crippen LogP contribution in [-0.2, 0) is 36.5 Å². The van der Waals surface area contributed by atoms with Gasteiger partial charge in [0.15, 0.2) is 0 Å². The molecule has 1 N–H and O–H groups in total. The van der Waals surface area contributed by atoms with Crippen LogP contribution in [0.15, 0.2) is 170 Å². The Morgan fingerprint density at radius 2 is 0.836 bits per heavy atom. The van der Waals surface area contributed by atoms with E-state index in [4.69, 9.17) is 9.97 Å². The van der Waals surface area contributed by atoms with Gasteiger partial charge in [-0.3, -0.25) is 15.0 Å². The first-order valence-corrected chi connectivity index (χ1v) is 21.5. The molecule has 0 aliphatic carbocycles. The minimum Gasteiger partial charge on any atom is -0.507 e. The van der Waals surface area contributed by atoms with E-state index in [1.165, 1.54) is 33.4 Å². The second kappa shape index (κ2) is 17.5. The highest BCUT2D eigenvalue weighted by Crippen LogP contribution is 2.39. The molecule has 8 rings (SSSR count). The minimum absolute atomic E-state index is 0.0676. The summed E-state index contributed by atoms with van der Waals surface area (Å²) < 4.78 is 0. The molecular weight excluding hydrogens is 743 g/mol. The van der Waals surface area contributed by atoms with Crippen molar-refractivity contribution in [1.29, 1.82) is 0 Å². The van der Waals surface area contributed by atoms with E-state index < -0.39 is 0 Å². The molecule has 0 spiro atoms. The molecular formula is C57H55N3O. The summed E-state index contributed by atoms with van der Waals surface area (Å²) in [4.78, 5) is 13.9. The number of hydrogen-bond acceptors (Lipinski definition) is 4. The van der Waals surface area contributed by atoms with Crippen molar-refractivity contribution in [3.05, 3.63) is 204 Å². The van der Waals surface area contributed by atoms with Gasteiger partial charge in [0.05, 0.1) is 17.1 Å². The fraction of sp³-hybridized carbons (Fsp3) is 0.211. The van der Waals surface area contributed by atoms with Crippen LogP contribution in [0.4, 0.5) is 0 Å². The number of benzene rings is 5. The summed E-state index contributed by atoms with van der Waals surface area (Å²) in [5, 5.41) is 11.5. The van der Waals surface area contributed by atoms with Crippen molar-refractivity contribution in [2.75, 3.05) is 0 Å². The molecule has 8 aromatic rings. The number of nitrogens with zero attached hydrogens (tertiary/aromatic N) is 3. The first-order chi connectivity index (χ1) is 29.4. The average molecular weight is 798 g/mol. The number of aryl methyl sites for hydroxylation is 4. The highest BCUT2D eigenvalue weighted by Gasteiger charge is 2.17. The number of rotatable bonds is 11. The van der Waals surface area contributed by atoms with Crippen LogP contribution in [0.5, 0.6) is 5.75 Å². The maximum Gasteiger partial charge on any atom is 0.124 e. The molecule has 0 aliphatic rings. The quantitative estimate of drug-likeness (QED) is 0.142. The number of aromatic nitrogens is 3. The van der Waals surface area contributed by atoms with Crippen LogP contribution in [0, 0.1) is 0 Å². The van der Waals surface area contributed by atoms with Gasteiger partial charge in [-0.1, -0.05) is 145 Å². The van der Waals surface area contributed by atoms with Crippen molar-refractivity contribution in [3.63, 3.8) is 0 Å². The van der Waals surface area contributed by atoms with Crippen LogP contribution < -0.4 is 0 Å². The van der Waals surface area contributed by atoms with Gasteiger partial charge in [-0.15, -0.1) is 0 Å². The van der Waals surface area contributed by atoms with Crippen molar-refractivity contribution in [2.24, 2.45) is 0 Å². The van der Waals surface area contributed by atoms with E-state index in [0.29, 0.717) is 0 Å². The molecule has 4 heteroatoms. The van der Waals surface area contributed by atoms with E-state index in [1.807, 2.05) is 54.9 Å². The number of phenolic OH excluding ortho intramolecular Hbond substituents is 1. The first kappa shape index (κ1) is 41.1. The van der Waals surface area contributed by atoms with Crippen molar-refractivity contribution in [1.82, 2.24) is 15.0 Å². The maximum atomic E-state index is 11.5. The van der Waals surface area contributed by atoms with Gasteiger partial charge in [0, 0.05) is 40.8 Å². The summed E-state index contributed by atoms with van der Waals surface area (Å²) in [7, 11) is 0. The Bertz CT molecular complexity index is 2630. The van der Waals surface area contributed by atoms with Gasteiger partial charge in [0.2, 0.25) is 0 Å². The third kappa shape index (κ3) is 9.88. The van der Waals surface area contributed by atoms with Gasteiger partial charge in [-0.2, -0.15) is 0 Å². The van der Waals surface area contributed by atoms with Crippen LogP contribution in [0.25, 0.3) is 56.0 Å². The SMILES string of the molecule is CC(C)(C)c1ccnc(-c2ccc(CCc3cc(CCc4ccc(-c5cc(C(C)(C)C)ccn5)cc4)cc(-c4ccccc4-c4ccc(-c5ccccn5)cc4O)c3)cc2)c1. The molecule has 0 saturated heterocycles. The monoisotopic (exact) mass is 797 g/mol. The summed E-state index contributed by atoms with van der Waals surface area (Å²) in [6.07, 6.45) is 9.26. The Hall–Kier alpha value is -6.65. The van der Waals surface area contributed by atoms with E-state index in [9.17, 15) is 5.11 Å². The highest BCUT2D eigenvalue weighted by molar-refractivity contribution is 5.87. The maximum absolute atomic E-state index is 11.5. The van der Waals surface area contributed by atoms with E-state index >= 15 is 0 Å². The molecule has 0 radical (unpaired) electrons. The predicted octanol–water partition coefficient (Wildman–Crippen LogP) is 14.1. The molecule has 0 saturated carbocycles. The first-order valence-electron chi connectivity index (χ1n) is 21.5. The summed E-state index contributed by atoms with van der Waals surface area (Å²) in [6, 6.07) is 53.7. The summed E-state index contributed by atoms with van der Waals surface area (Å²) in [5.74, 6) is 0.236. The molecule has 5 aromatic carbocycles. The zero-order valence-electron chi connectivity index (χ0n) is 36.3. The zero-order chi connectivity index (χ0) is 42.6. The Morgan fingerprint density at radius 1 is 0.361 bits per heavy atom. The number of hydrogen-bond donors (Lipinski definition) is 1. The van der Waals surface area contributed by atoms with Gasteiger partial charge in [-0.25, -0.2) is 0 Å². The zero-order valence-corrected chi connectivity index (χ0v) is 36.3. The highest BCUT2D eigenvalue weighted by atomic mass is 16.3. The second-order valence-electron chi connectivity index (χ2n) is 18.3. The molecule has 0 fully saturated rings. The van der Waals surface area contributed by atoms with Crippen molar-refractivity contribution < 1.29 is 5.11 Å². The van der Waals surface area contributed by atoms with E-state index in [1.54, 1.807) is 6.20 Å². The van der Waals surface area contributed by atoms with Crippen LogP contribution in [-0.4, -0.2) is 20.1 Å². The van der Waals surface area contributed by atoms with E-state index in [2.05, 4.69) is 156 Å². The minimum atomic E-state index is 0.0676. The molecule has 0 amide bonds. The molecule has 0 bridgehead atoms. The van der Waals surface area contributed by atoms with Crippen molar-refractivity contribution in [2.45, 2.75) is 78.1 Å². The third-order valence-electron chi connectivity index (χ3n) is 11.7. The number of pyridine rings is 3. The third-order valence-corrected chi connectivity index (χ3v) is 11.7. The molecule has 3 heterocycles. The Balaban J connectivity index is 1.07. The largest absolute Gasteiger partial charge is 0.507 e. The van der Waals surface area contributed by atoms with Gasteiger partial charge in [0.1, 0.15) is 5.75 Å². The Labute approximate surface area is 362 Å². The van der Waals surface area contributed by atoms with Crippen LogP contribution in [0.3, 0.4) is 0 Å². The second-order valence-corrected chi connectivity index (χ2v) is 18.3. The van der Waals surface area contributed by atoms with Crippen molar-refractivity contribution in [3.8, 4) is 61.8 Å². The molecule has 304 valence electrons. The predicted molar refractivity (Wildman–Crippen MR) is 254 cm³/mol. The standard InChI is InChI=1S/C57H55N3O/c1-56(2,3)47-28-31-59-53(37-47)43-22-18-39(19-23-43)14-16-41-33-42(17-15-40-20-24-44(25-21-40)54-38-48(29-32-60-54)57(4,5)6)35-46(34-41)49-11-7-8-12-50(49)51-27-26-45(36-55(51)61)52-13-9-10-30-58-52/h7-13,18-38,61H,14-17H2,1-6H3. The summed E-state index contributed by atoms with van der Waals surface area (Å²) in [5.41, 5.74) is 17.9. The topological polar surface area (TPSA) is 58.9 Å². The van der Waals surface area contributed by atoms with Crippen LogP contribution >= 0.6 is 0 Å². The fourth-order valence-electron chi connectivity index (χ4n) is 8.00. The number of phenols is 1. The molecule has 0 atom stereocenters. The van der Waals surface area contributed by atoms with Crippen LogP contribution in [0.1, 0.15) is 74.9 Å². The molecule has 3 aromatic heterocycles. The summed E-state index contributed by atoms with van der Waals surface area (Å²) >= 11 is 0. The lowest BCUT2D eigenvalue weighted by Crippen LogP contribution is -2.11. The Kier molecular flexibility index (Phi) is 11.8. The van der Waals surface area contributed by atoms with Gasteiger partial charge in [0.25, 0.3) is 0 Å².